The molecule has 72 valence electrons. The largest absolute Gasteiger partial charge is 0.299 e. The van der Waals surface area contributed by atoms with Gasteiger partial charge in [-0.15, -0.1) is 0 Å². The van der Waals surface area contributed by atoms with Crippen LogP contribution in [0.25, 0.3) is 0 Å². The number of hydrogen-bond acceptors (Lipinski definition) is 1. The van der Waals surface area contributed by atoms with Gasteiger partial charge in [-0.2, -0.15) is 0 Å². The Morgan fingerprint density at radius 1 is 1.46 bits per heavy atom. The Bertz CT molecular complexity index is 279. The Labute approximate surface area is 80.2 Å². The fourth-order valence-corrected chi connectivity index (χ4v) is 2.87. The topological polar surface area (TPSA) is 17.1 Å². The highest BCUT2D eigenvalue weighted by molar-refractivity contribution is 5.86. The van der Waals surface area contributed by atoms with Gasteiger partial charge in [-0.05, 0) is 24.2 Å². The predicted molar refractivity (Wildman–Crippen MR) is 53.4 cm³/mol. The molecular formula is C12H18O. The highest BCUT2D eigenvalue weighted by Gasteiger charge is 2.48. The van der Waals surface area contributed by atoms with Gasteiger partial charge in [-0.3, -0.25) is 4.79 Å². The molecule has 0 radical (unpaired) electrons. The van der Waals surface area contributed by atoms with Gasteiger partial charge in [-0.25, -0.2) is 0 Å². The average Bonchev–Trinajstić information content (AvgIpc) is 2.01. The Balaban J connectivity index is 2.41. The van der Waals surface area contributed by atoms with Gasteiger partial charge in [0, 0.05) is 11.8 Å². The van der Waals surface area contributed by atoms with Gasteiger partial charge in [0.2, 0.25) is 0 Å². The summed E-state index contributed by atoms with van der Waals surface area (Å²) in [6.07, 6.45) is 7.31. The van der Waals surface area contributed by atoms with Crippen molar-refractivity contribution in [3.63, 3.8) is 0 Å². The Hall–Kier alpha value is -0.590. The lowest BCUT2D eigenvalue weighted by atomic mass is 9.55. The first-order valence-corrected chi connectivity index (χ1v) is 5.17. The van der Waals surface area contributed by atoms with Gasteiger partial charge >= 0.3 is 0 Å². The molecule has 0 amide bonds. The van der Waals surface area contributed by atoms with E-state index >= 15 is 0 Å². The minimum Gasteiger partial charge on any atom is -0.299 e. The molecule has 0 heterocycles. The molecule has 0 N–H and O–H groups in total. The number of hydrogen-bond donors (Lipinski definition) is 0. The van der Waals surface area contributed by atoms with Crippen molar-refractivity contribution in [2.24, 2.45) is 16.7 Å². The second-order valence-electron chi connectivity index (χ2n) is 5.38. The van der Waals surface area contributed by atoms with Crippen molar-refractivity contribution in [2.75, 3.05) is 0 Å². The van der Waals surface area contributed by atoms with E-state index in [1.54, 1.807) is 0 Å². The summed E-state index contributed by atoms with van der Waals surface area (Å²) in [4.78, 5) is 11.8. The van der Waals surface area contributed by atoms with Crippen LogP contribution >= 0.6 is 0 Å². The molecule has 2 bridgehead atoms. The molecule has 13 heavy (non-hydrogen) atoms. The van der Waals surface area contributed by atoms with Gasteiger partial charge in [0.05, 0.1) is 0 Å². The molecule has 1 nitrogen and oxygen atoms in total. The van der Waals surface area contributed by atoms with Gasteiger partial charge < -0.3 is 0 Å². The quantitative estimate of drug-likeness (QED) is 0.521. The lowest BCUT2D eigenvalue weighted by Crippen LogP contribution is -2.45. The lowest BCUT2D eigenvalue weighted by molar-refractivity contribution is -0.136. The second kappa shape index (κ2) is 2.46. The van der Waals surface area contributed by atoms with Gasteiger partial charge in [0.25, 0.3) is 0 Å². The summed E-state index contributed by atoms with van der Waals surface area (Å²) < 4.78 is 0. The third-order valence-corrected chi connectivity index (χ3v) is 4.13. The number of Topliss-reactive ketones (excluding diaryl/α,β-unsaturated/α-hetero) is 1. The fourth-order valence-electron chi connectivity index (χ4n) is 2.87. The van der Waals surface area contributed by atoms with Crippen LogP contribution in [0.1, 0.15) is 40.0 Å². The number of ketones is 1. The molecule has 0 saturated heterocycles. The predicted octanol–water partition coefficient (Wildman–Crippen LogP) is 2.96. The van der Waals surface area contributed by atoms with Gasteiger partial charge in [0.15, 0.2) is 0 Å². The van der Waals surface area contributed by atoms with E-state index in [9.17, 15) is 4.79 Å². The van der Waals surface area contributed by atoms with E-state index in [1.807, 2.05) is 0 Å². The second-order valence-corrected chi connectivity index (χ2v) is 5.38. The summed E-state index contributed by atoms with van der Waals surface area (Å²) in [5.41, 5.74) is 0.233. The van der Waals surface area contributed by atoms with Crippen LogP contribution in [0.15, 0.2) is 12.2 Å². The highest BCUT2D eigenvalue weighted by atomic mass is 16.1. The van der Waals surface area contributed by atoms with Gasteiger partial charge in [0.1, 0.15) is 5.78 Å². The van der Waals surface area contributed by atoms with Crippen molar-refractivity contribution in [3.8, 4) is 0 Å². The minimum atomic E-state index is -0.0456. The summed E-state index contributed by atoms with van der Waals surface area (Å²) in [7, 11) is 0. The van der Waals surface area contributed by atoms with Crippen LogP contribution in [0.5, 0.6) is 0 Å². The van der Waals surface area contributed by atoms with E-state index in [2.05, 4.69) is 32.9 Å². The van der Waals surface area contributed by atoms with E-state index in [0.717, 1.165) is 19.3 Å². The first kappa shape index (κ1) is 8.98. The molecular weight excluding hydrogens is 160 g/mol. The summed E-state index contributed by atoms with van der Waals surface area (Å²) >= 11 is 0. The van der Waals surface area contributed by atoms with Crippen LogP contribution in [0.3, 0.4) is 0 Å². The van der Waals surface area contributed by atoms with Crippen molar-refractivity contribution >= 4 is 5.78 Å². The SMILES string of the molecule is CC1CC(=O)C2(C)CC=CC1(C)C2. The fraction of sp³-hybridized carbons (Fsp3) is 0.750. The van der Waals surface area contributed by atoms with E-state index < -0.39 is 0 Å². The highest BCUT2D eigenvalue weighted by Crippen LogP contribution is 2.52. The Kier molecular flexibility index (Phi) is 1.70. The van der Waals surface area contributed by atoms with Gasteiger partial charge in [-0.1, -0.05) is 32.9 Å². The van der Waals surface area contributed by atoms with Crippen molar-refractivity contribution < 1.29 is 4.79 Å². The van der Waals surface area contributed by atoms with Crippen molar-refractivity contribution in [3.05, 3.63) is 12.2 Å². The van der Waals surface area contributed by atoms with Crippen LogP contribution in [0.4, 0.5) is 0 Å². The maximum absolute atomic E-state index is 11.8. The van der Waals surface area contributed by atoms with E-state index in [4.69, 9.17) is 0 Å². The van der Waals surface area contributed by atoms with E-state index in [1.165, 1.54) is 0 Å². The number of fused-ring (bicyclic) bond motifs is 2. The van der Waals surface area contributed by atoms with E-state index in [0.29, 0.717) is 11.7 Å². The zero-order chi connectivity index (χ0) is 9.69. The Morgan fingerprint density at radius 3 is 2.85 bits per heavy atom. The number of rotatable bonds is 0. The first-order valence-electron chi connectivity index (χ1n) is 5.17. The first-order chi connectivity index (χ1) is 5.96. The summed E-state index contributed by atoms with van der Waals surface area (Å²) in [5, 5.41) is 0. The van der Waals surface area contributed by atoms with Crippen LogP contribution < -0.4 is 0 Å². The maximum Gasteiger partial charge on any atom is 0.139 e. The molecule has 1 heteroatoms. The molecule has 0 aromatic rings. The third-order valence-electron chi connectivity index (χ3n) is 4.13. The molecule has 1 saturated carbocycles. The molecule has 2 rings (SSSR count). The zero-order valence-electron chi connectivity index (χ0n) is 8.76. The molecule has 3 atom stereocenters. The molecule has 0 aromatic carbocycles. The molecule has 2 aliphatic carbocycles. The summed E-state index contributed by atoms with van der Waals surface area (Å²) in [6.45, 7) is 6.62. The molecule has 0 spiro atoms. The van der Waals surface area contributed by atoms with Crippen molar-refractivity contribution in [1.82, 2.24) is 0 Å². The van der Waals surface area contributed by atoms with Crippen LogP contribution in [-0.2, 0) is 4.79 Å². The average molecular weight is 178 g/mol. The molecule has 0 aliphatic heterocycles. The van der Waals surface area contributed by atoms with Crippen LogP contribution in [0, 0.1) is 16.7 Å². The standard InChI is InChI=1S/C12H18O/c1-9-7-10(13)12(3)6-4-5-11(9,2)8-12/h4-5,9H,6-8H2,1-3H3. The summed E-state index contributed by atoms with van der Waals surface area (Å²) in [6, 6.07) is 0. The Morgan fingerprint density at radius 2 is 2.15 bits per heavy atom. The lowest BCUT2D eigenvalue weighted by Gasteiger charge is -2.48. The monoisotopic (exact) mass is 178 g/mol. The van der Waals surface area contributed by atoms with Crippen molar-refractivity contribution in [2.45, 2.75) is 40.0 Å². The van der Waals surface area contributed by atoms with Crippen LogP contribution in [0.2, 0.25) is 0 Å². The smallest absolute Gasteiger partial charge is 0.139 e. The van der Waals surface area contributed by atoms with Crippen molar-refractivity contribution in [1.29, 1.82) is 0 Å². The molecule has 3 unspecified atom stereocenters. The van der Waals surface area contributed by atoms with E-state index in [-0.39, 0.29) is 10.8 Å². The number of allylic oxidation sites excluding steroid dienone is 2. The molecule has 2 aliphatic rings. The normalized spacial score (nSPS) is 49.5. The number of carbonyl (C=O) groups is 1. The minimum absolute atomic E-state index is 0.0456. The molecule has 0 aromatic heterocycles. The third kappa shape index (κ3) is 1.17. The molecule has 1 fully saturated rings. The summed E-state index contributed by atoms with van der Waals surface area (Å²) in [5.74, 6) is 0.992. The number of carbonyl (C=O) groups excluding carboxylic acids is 1. The maximum atomic E-state index is 11.8. The zero-order valence-corrected chi connectivity index (χ0v) is 8.76. The van der Waals surface area contributed by atoms with Crippen LogP contribution in [-0.4, -0.2) is 5.78 Å².